The number of halogens is 3. The number of thiophene rings is 1. The molecule has 0 fully saturated rings. The fraction of sp³-hybridized carbons (Fsp3) is 0.167. The molecular formula is C12H10Cl2FNS. The first-order valence-corrected chi connectivity index (χ1v) is 6.52. The van der Waals surface area contributed by atoms with Gasteiger partial charge in [-0.2, -0.15) is 0 Å². The Morgan fingerprint density at radius 1 is 1.29 bits per heavy atom. The van der Waals surface area contributed by atoms with Gasteiger partial charge in [-0.15, -0.1) is 11.3 Å². The van der Waals surface area contributed by atoms with Crippen molar-refractivity contribution in [3.05, 3.63) is 55.4 Å². The maximum absolute atomic E-state index is 13.6. The predicted molar refractivity (Wildman–Crippen MR) is 71.5 cm³/mol. The van der Waals surface area contributed by atoms with Crippen molar-refractivity contribution in [3.63, 3.8) is 0 Å². The van der Waals surface area contributed by atoms with Gasteiger partial charge in [0.25, 0.3) is 0 Å². The minimum Gasteiger partial charge on any atom is -0.320 e. The molecule has 0 aliphatic heterocycles. The molecule has 2 rings (SSSR count). The second-order valence-corrected chi connectivity index (χ2v) is 5.87. The normalized spacial score (nSPS) is 12.8. The van der Waals surface area contributed by atoms with Crippen LogP contribution in [-0.2, 0) is 0 Å². The Kier molecular flexibility index (Phi) is 3.73. The molecular weight excluding hydrogens is 280 g/mol. The molecule has 0 saturated carbocycles. The van der Waals surface area contributed by atoms with Crippen LogP contribution in [0.25, 0.3) is 0 Å². The van der Waals surface area contributed by atoms with E-state index in [0.29, 0.717) is 14.9 Å². The minimum atomic E-state index is -0.537. The molecule has 2 N–H and O–H groups in total. The third-order valence-corrected chi connectivity index (χ3v) is 4.35. The van der Waals surface area contributed by atoms with Crippen LogP contribution in [0.3, 0.4) is 0 Å². The molecule has 0 saturated heterocycles. The molecule has 1 nitrogen and oxygen atoms in total. The molecule has 0 bridgehead atoms. The Hall–Kier alpha value is -0.610. The van der Waals surface area contributed by atoms with E-state index in [0.717, 1.165) is 10.4 Å². The van der Waals surface area contributed by atoms with Crippen LogP contribution >= 0.6 is 34.5 Å². The highest BCUT2D eigenvalue weighted by molar-refractivity contribution is 7.16. The fourth-order valence-corrected chi connectivity index (χ4v) is 2.96. The van der Waals surface area contributed by atoms with Crippen molar-refractivity contribution in [1.82, 2.24) is 0 Å². The van der Waals surface area contributed by atoms with Gasteiger partial charge in [0, 0.05) is 15.5 Å². The third-order valence-electron chi connectivity index (χ3n) is 2.48. The SMILES string of the molecule is Cc1cc(C(N)c2cc(Cl)ccc2F)sc1Cl. The van der Waals surface area contributed by atoms with Gasteiger partial charge in [-0.25, -0.2) is 4.39 Å². The van der Waals surface area contributed by atoms with Crippen LogP contribution in [0.5, 0.6) is 0 Å². The molecule has 0 radical (unpaired) electrons. The first kappa shape index (κ1) is 12.8. The van der Waals surface area contributed by atoms with E-state index in [2.05, 4.69) is 0 Å². The van der Waals surface area contributed by atoms with Crippen LogP contribution in [0.15, 0.2) is 24.3 Å². The molecule has 0 aliphatic carbocycles. The van der Waals surface area contributed by atoms with E-state index in [1.807, 2.05) is 13.0 Å². The van der Waals surface area contributed by atoms with Gasteiger partial charge in [-0.1, -0.05) is 23.2 Å². The van der Waals surface area contributed by atoms with Gasteiger partial charge in [0.05, 0.1) is 10.4 Å². The highest BCUT2D eigenvalue weighted by Crippen LogP contribution is 2.34. The van der Waals surface area contributed by atoms with Crippen LogP contribution in [-0.4, -0.2) is 0 Å². The lowest BCUT2D eigenvalue weighted by atomic mass is 10.1. The van der Waals surface area contributed by atoms with Gasteiger partial charge in [-0.05, 0) is 36.8 Å². The summed E-state index contributed by atoms with van der Waals surface area (Å²) in [5, 5.41) is 0.469. The largest absolute Gasteiger partial charge is 0.320 e. The Labute approximate surface area is 113 Å². The zero-order valence-electron chi connectivity index (χ0n) is 9.01. The van der Waals surface area contributed by atoms with E-state index in [9.17, 15) is 4.39 Å². The lowest BCUT2D eigenvalue weighted by Crippen LogP contribution is -2.12. The molecule has 1 aromatic heterocycles. The molecule has 90 valence electrons. The van der Waals surface area contributed by atoms with E-state index in [4.69, 9.17) is 28.9 Å². The second-order valence-electron chi connectivity index (χ2n) is 3.75. The molecule has 1 atom stereocenters. The van der Waals surface area contributed by atoms with E-state index >= 15 is 0 Å². The summed E-state index contributed by atoms with van der Waals surface area (Å²) in [6.07, 6.45) is 0. The van der Waals surface area contributed by atoms with Crippen molar-refractivity contribution in [2.45, 2.75) is 13.0 Å². The zero-order valence-corrected chi connectivity index (χ0v) is 11.3. The van der Waals surface area contributed by atoms with Crippen molar-refractivity contribution < 1.29 is 4.39 Å². The summed E-state index contributed by atoms with van der Waals surface area (Å²) in [7, 11) is 0. The van der Waals surface area contributed by atoms with Crippen molar-refractivity contribution >= 4 is 34.5 Å². The maximum Gasteiger partial charge on any atom is 0.128 e. The van der Waals surface area contributed by atoms with Crippen molar-refractivity contribution in [2.24, 2.45) is 5.73 Å². The van der Waals surface area contributed by atoms with E-state index in [1.165, 1.54) is 23.5 Å². The third kappa shape index (κ3) is 2.63. The Balaban J connectivity index is 2.42. The first-order valence-electron chi connectivity index (χ1n) is 4.95. The summed E-state index contributed by atoms with van der Waals surface area (Å²) in [6, 6.07) is 5.70. The van der Waals surface area contributed by atoms with Crippen LogP contribution < -0.4 is 5.73 Å². The van der Waals surface area contributed by atoms with E-state index in [1.54, 1.807) is 6.07 Å². The molecule has 17 heavy (non-hydrogen) atoms. The monoisotopic (exact) mass is 289 g/mol. The number of benzene rings is 1. The molecule has 0 spiro atoms. The fourth-order valence-electron chi connectivity index (χ4n) is 1.54. The van der Waals surface area contributed by atoms with Crippen LogP contribution in [0.1, 0.15) is 22.0 Å². The van der Waals surface area contributed by atoms with Gasteiger partial charge in [0.1, 0.15) is 5.82 Å². The summed E-state index contributed by atoms with van der Waals surface area (Å²) >= 11 is 13.2. The standard InChI is InChI=1S/C12H10Cl2FNS/c1-6-4-10(17-12(6)14)11(16)8-5-7(13)2-3-9(8)15/h2-5,11H,16H2,1H3. The summed E-state index contributed by atoms with van der Waals surface area (Å²) in [5.41, 5.74) is 7.35. The van der Waals surface area contributed by atoms with Crippen LogP contribution in [0.2, 0.25) is 9.36 Å². The van der Waals surface area contributed by atoms with E-state index in [-0.39, 0.29) is 5.82 Å². The van der Waals surface area contributed by atoms with Crippen molar-refractivity contribution in [1.29, 1.82) is 0 Å². The Bertz CT molecular complexity index is 534. The predicted octanol–water partition coefficient (Wildman–Crippen LogP) is 4.55. The maximum atomic E-state index is 13.6. The minimum absolute atomic E-state index is 0.357. The first-order chi connectivity index (χ1) is 7.99. The molecule has 1 unspecified atom stereocenters. The molecule has 1 aromatic carbocycles. The van der Waals surface area contributed by atoms with Gasteiger partial charge >= 0.3 is 0 Å². The van der Waals surface area contributed by atoms with Gasteiger partial charge in [0.2, 0.25) is 0 Å². The number of hydrogen-bond acceptors (Lipinski definition) is 2. The number of hydrogen-bond donors (Lipinski definition) is 1. The summed E-state index contributed by atoms with van der Waals surface area (Å²) in [6.45, 7) is 1.89. The zero-order chi connectivity index (χ0) is 12.6. The molecule has 0 amide bonds. The van der Waals surface area contributed by atoms with E-state index < -0.39 is 6.04 Å². The Morgan fingerprint density at radius 2 is 2.00 bits per heavy atom. The summed E-state index contributed by atoms with van der Waals surface area (Å²) in [5.74, 6) is -0.357. The van der Waals surface area contributed by atoms with Crippen LogP contribution in [0.4, 0.5) is 4.39 Å². The van der Waals surface area contributed by atoms with Crippen molar-refractivity contribution in [3.8, 4) is 0 Å². The van der Waals surface area contributed by atoms with Gasteiger partial charge in [0.15, 0.2) is 0 Å². The summed E-state index contributed by atoms with van der Waals surface area (Å²) in [4.78, 5) is 0.827. The smallest absolute Gasteiger partial charge is 0.128 e. The van der Waals surface area contributed by atoms with Gasteiger partial charge < -0.3 is 5.73 Å². The number of rotatable bonds is 2. The average molecular weight is 290 g/mol. The molecule has 0 aliphatic rings. The highest BCUT2D eigenvalue weighted by atomic mass is 35.5. The number of aryl methyl sites for hydroxylation is 1. The quantitative estimate of drug-likeness (QED) is 0.862. The van der Waals surface area contributed by atoms with Gasteiger partial charge in [-0.3, -0.25) is 0 Å². The Morgan fingerprint density at radius 3 is 2.59 bits per heavy atom. The number of nitrogens with two attached hydrogens (primary N) is 1. The molecule has 5 heteroatoms. The lowest BCUT2D eigenvalue weighted by molar-refractivity contribution is 0.601. The van der Waals surface area contributed by atoms with Crippen LogP contribution in [0, 0.1) is 12.7 Å². The molecule has 2 aromatic rings. The summed E-state index contributed by atoms with van der Waals surface area (Å²) < 4.78 is 14.3. The lowest BCUT2D eigenvalue weighted by Gasteiger charge is -2.11. The average Bonchev–Trinajstić information content (AvgIpc) is 2.62. The molecule has 1 heterocycles. The van der Waals surface area contributed by atoms with Crippen molar-refractivity contribution in [2.75, 3.05) is 0 Å². The highest BCUT2D eigenvalue weighted by Gasteiger charge is 2.17. The topological polar surface area (TPSA) is 26.0 Å². The second kappa shape index (κ2) is 4.94.